The first-order valence-electron chi connectivity index (χ1n) is 13.2. The van der Waals surface area contributed by atoms with Crippen LogP contribution in [-0.2, 0) is 24.0 Å². The number of carboxylic acid groups (broad SMARTS) is 2. The molecule has 0 spiro atoms. The zero-order valence-corrected chi connectivity index (χ0v) is 21.2. The van der Waals surface area contributed by atoms with Crippen LogP contribution in [0.1, 0.15) is 71.6 Å². The quantitative estimate of drug-likeness (QED) is 0.393. The van der Waals surface area contributed by atoms with Crippen LogP contribution in [0.25, 0.3) is 0 Å². The molecule has 9 heteroatoms. The second kappa shape index (κ2) is 10.4. The van der Waals surface area contributed by atoms with Crippen molar-refractivity contribution in [2.45, 2.75) is 77.7 Å². The lowest BCUT2D eigenvalue weighted by Gasteiger charge is -2.58. The Bertz CT molecular complexity index is 953. The highest BCUT2D eigenvalue weighted by atomic mass is 16.6. The molecular weight excluding hydrogens is 464 g/mol. The van der Waals surface area contributed by atoms with Gasteiger partial charge in [0.15, 0.2) is 0 Å². The van der Waals surface area contributed by atoms with Crippen LogP contribution in [0.3, 0.4) is 0 Å². The molecule has 9 nitrogen and oxygen atoms in total. The number of aliphatic carboxylic acids is 2. The van der Waals surface area contributed by atoms with E-state index in [9.17, 15) is 19.2 Å². The van der Waals surface area contributed by atoms with Crippen molar-refractivity contribution in [2.75, 3.05) is 13.1 Å². The third-order valence-corrected chi connectivity index (χ3v) is 9.73. The minimum absolute atomic E-state index is 0.116. The molecule has 5 fully saturated rings. The minimum atomic E-state index is -1.26. The molecule has 0 bridgehead atoms. The van der Waals surface area contributed by atoms with Gasteiger partial charge in [-0.05, 0) is 68.2 Å². The standard InChI is InChI=1S/C23H34N2O3.C4H4O4/c1-22-8-5-15(25-28-16-7-10-24-13-16)11-14(22)12-19(26)21-17-3-4-20(27)23(17,2)9-6-18(21)22;5-3(6)1-2-4(7)8/h14,16-18,21,24H,3-13H2,1-2H3;1-2H,(H,5,6)(H,7,8)/b;2-1+/t14-,16-,17+,18+,21+,22+,23+;/m1./s1. The van der Waals surface area contributed by atoms with Gasteiger partial charge in [0.2, 0.25) is 0 Å². The van der Waals surface area contributed by atoms with Crippen molar-refractivity contribution in [3.8, 4) is 0 Å². The lowest BCUT2D eigenvalue weighted by molar-refractivity contribution is -0.154. The number of oxime groups is 1. The Labute approximate surface area is 211 Å². The molecule has 4 saturated carbocycles. The Hall–Kier alpha value is -2.55. The SMILES string of the molecule is C[C@]12CCC(=NO[C@@H]3CCNC3)C[C@@H]1CC(=O)[C@@H]1[C@@H]2CC[C@]2(C)C(=O)CC[C@@H]12.O=C(O)/C=C/C(=O)O. The molecule has 36 heavy (non-hydrogen) atoms. The highest BCUT2D eigenvalue weighted by Crippen LogP contribution is 2.64. The van der Waals surface area contributed by atoms with Gasteiger partial charge in [0.05, 0.1) is 5.71 Å². The molecule has 0 aromatic rings. The summed E-state index contributed by atoms with van der Waals surface area (Å²) >= 11 is 0. The summed E-state index contributed by atoms with van der Waals surface area (Å²) in [5.41, 5.74) is 1.13. The fourth-order valence-corrected chi connectivity index (χ4v) is 7.60. The topological polar surface area (TPSA) is 142 Å². The number of rotatable bonds is 4. The van der Waals surface area contributed by atoms with Gasteiger partial charge < -0.3 is 20.4 Å². The maximum Gasteiger partial charge on any atom is 0.328 e. The maximum absolute atomic E-state index is 13.3. The number of ketones is 2. The van der Waals surface area contributed by atoms with Crippen molar-refractivity contribution in [1.29, 1.82) is 0 Å². The molecule has 1 saturated heterocycles. The van der Waals surface area contributed by atoms with E-state index in [0.717, 1.165) is 63.7 Å². The highest BCUT2D eigenvalue weighted by molar-refractivity contribution is 5.92. The zero-order valence-electron chi connectivity index (χ0n) is 21.2. The van der Waals surface area contributed by atoms with E-state index in [1.807, 2.05) is 0 Å². The molecule has 3 N–H and O–H groups in total. The van der Waals surface area contributed by atoms with Crippen molar-refractivity contribution in [2.24, 2.45) is 39.7 Å². The molecule has 0 amide bonds. The number of carbonyl (C=O) groups excluding carboxylic acids is 2. The molecule has 0 unspecified atom stereocenters. The maximum atomic E-state index is 13.3. The summed E-state index contributed by atoms with van der Waals surface area (Å²) in [4.78, 5) is 50.7. The van der Waals surface area contributed by atoms with Crippen LogP contribution >= 0.6 is 0 Å². The average molecular weight is 503 g/mol. The summed E-state index contributed by atoms with van der Waals surface area (Å²) in [6, 6.07) is 0. The van der Waals surface area contributed by atoms with E-state index < -0.39 is 11.9 Å². The van der Waals surface area contributed by atoms with Crippen LogP contribution < -0.4 is 5.32 Å². The molecule has 0 aromatic heterocycles. The van der Waals surface area contributed by atoms with Gasteiger partial charge in [-0.1, -0.05) is 19.0 Å². The van der Waals surface area contributed by atoms with Crippen LogP contribution in [0.15, 0.2) is 17.3 Å². The second-order valence-electron chi connectivity index (χ2n) is 11.6. The fraction of sp³-hybridized carbons (Fsp3) is 0.741. The van der Waals surface area contributed by atoms with E-state index in [1.165, 1.54) is 0 Å². The van der Waals surface area contributed by atoms with Crippen molar-refractivity contribution in [3.63, 3.8) is 0 Å². The highest BCUT2D eigenvalue weighted by Gasteiger charge is 2.62. The molecule has 0 aromatic carbocycles. The van der Waals surface area contributed by atoms with Crippen LogP contribution in [0, 0.1) is 34.5 Å². The van der Waals surface area contributed by atoms with Crippen molar-refractivity contribution < 1.29 is 34.2 Å². The average Bonchev–Trinajstić information content (AvgIpc) is 3.45. The van der Waals surface area contributed by atoms with Gasteiger partial charge in [0.25, 0.3) is 0 Å². The van der Waals surface area contributed by atoms with Crippen molar-refractivity contribution in [1.82, 2.24) is 5.32 Å². The third kappa shape index (κ3) is 5.12. The first kappa shape index (κ1) is 26.5. The molecule has 4 aliphatic carbocycles. The van der Waals surface area contributed by atoms with Gasteiger partial charge in [-0.15, -0.1) is 0 Å². The Kier molecular flexibility index (Phi) is 7.69. The molecular formula is C27H38N2O7. The monoisotopic (exact) mass is 502 g/mol. The summed E-state index contributed by atoms with van der Waals surface area (Å²) in [5.74, 6) is -0.430. The summed E-state index contributed by atoms with van der Waals surface area (Å²) in [6.45, 7) is 6.47. The van der Waals surface area contributed by atoms with Gasteiger partial charge in [0, 0.05) is 49.3 Å². The lowest BCUT2D eigenvalue weighted by atomic mass is 9.45. The predicted molar refractivity (Wildman–Crippen MR) is 131 cm³/mol. The van der Waals surface area contributed by atoms with E-state index in [0.29, 0.717) is 48.4 Å². The van der Waals surface area contributed by atoms with Crippen LogP contribution in [0.5, 0.6) is 0 Å². The van der Waals surface area contributed by atoms with Gasteiger partial charge in [-0.3, -0.25) is 9.59 Å². The van der Waals surface area contributed by atoms with E-state index in [-0.39, 0.29) is 28.8 Å². The molecule has 1 heterocycles. The number of Topliss-reactive ketones (excluding diaryl/α,β-unsaturated/α-hetero) is 2. The Morgan fingerprint density at radius 1 is 1.00 bits per heavy atom. The molecule has 198 valence electrons. The van der Waals surface area contributed by atoms with Gasteiger partial charge in [0.1, 0.15) is 17.7 Å². The largest absolute Gasteiger partial charge is 0.478 e. The van der Waals surface area contributed by atoms with E-state index >= 15 is 0 Å². The number of carboxylic acids is 2. The molecule has 7 atom stereocenters. The lowest BCUT2D eigenvalue weighted by Crippen LogP contribution is -2.57. The first-order chi connectivity index (χ1) is 17.0. The number of hydrogen-bond acceptors (Lipinski definition) is 7. The van der Waals surface area contributed by atoms with Crippen molar-refractivity contribution >= 4 is 29.2 Å². The summed E-state index contributed by atoms with van der Waals surface area (Å²) in [5, 5.41) is 23.4. The second-order valence-corrected chi connectivity index (χ2v) is 11.6. The predicted octanol–water partition coefficient (Wildman–Crippen LogP) is 3.22. The molecule has 5 rings (SSSR count). The Morgan fingerprint density at radius 2 is 1.72 bits per heavy atom. The van der Waals surface area contributed by atoms with Crippen LogP contribution in [0.4, 0.5) is 0 Å². The minimum Gasteiger partial charge on any atom is -0.478 e. The van der Waals surface area contributed by atoms with Gasteiger partial charge in [-0.25, -0.2) is 9.59 Å². The first-order valence-corrected chi connectivity index (χ1v) is 13.2. The normalized spacial score (nSPS) is 40.7. The Morgan fingerprint density at radius 3 is 2.36 bits per heavy atom. The number of nitrogens with zero attached hydrogens (tertiary/aromatic N) is 1. The summed E-state index contributed by atoms with van der Waals surface area (Å²) in [7, 11) is 0. The number of hydrogen-bond donors (Lipinski definition) is 3. The number of carbonyl (C=O) groups is 4. The Balaban J connectivity index is 0.000000331. The smallest absolute Gasteiger partial charge is 0.328 e. The molecule has 5 aliphatic rings. The van der Waals surface area contributed by atoms with Gasteiger partial charge >= 0.3 is 11.9 Å². The molecule has 1 aliphatic heterocycles. The molecule has 0 radical (unpaired) electrons. The zero-order chi connectivity index (χ0) is 26.1. The van der Waals surface area contributed by atoms with Crippen LogP contribution in [-0.4, -0.2) is 58.6 Å². The van der Waals surface area contributed by atoms with Crippen LogP contribution in [0.2, 0.25) is 0 Å². The van der Waals surface area contributed by atoms with Crippen molar-refractivity contribution in [3.05, 3.63) is 12.2 Å². The van der Waals surface area contributed by atoms with E-state index in [2.05, 4.69) is 24.3 Å². The number of nitrogens with one attached hydrogen (secondary N) is 1. The van der Waals surface area contributed by atoms with E-state index in [1.54, 1.807) is 0 Å². The number of fused-ring (bicyclic) bond motifs is 5. The third-order valence-electron chi connectivity index (χ3n) is 9.73. The summed E-state index contributed by atoms with van der Waals surface area (Å²) in [6.07, 6.45) is 9.65. The van der Waals surface area contributed by atoms with E-state index in [4.69, 9.17) is 15.1 Å². The summed E-state index contributed by atoms with van der Waals surface area (Å²) < 4.78 is 0. The fourth-order valence-electron chi connectivity index (χ4n) is 7.60. The van der Waals surface area contributed by atoms with Gasteiger partial charge in [-0.2, -0.15) is 0 Å².